The molecule has 1 aliphatic rings. The molecule has 1 aromatic carbocycles. The van der Waals surface area contributed by atoms with Gasteiger partial charge in [-0.15, -0.1) is 0 Å². The average Bonchev–Trinajstić information content (AvgIpc) is 2.42. The van der Waals surface area contributed by atoms with Crippen molar-refractivity contribution in [2.75, 3.05) is 13.2 Å². The van der Waals surface area contributed by atoms with Gasteiger partial charge in [-0.2, -0.15) is 10.1 Å². The lowest BCUT2D eigenvalue weighted by Crippen LogP contribution is -2.53. The molecule has 0 unspecified atom stereocenters. The molecular weight excluding hydrogens is 294 g/mol. The standard InChI is InChI=1S/C16H25N5O2/c1-11-7-5-8-12(2)13(11)22-9-6-10-23-21-15(18)19-14(17)20-16(21,3)4/h5,7-8H,6,9-10H2,1-4H3,(H4,17,18,19,20). The van der Waals surface area contributed by atoms with Crippen molar-refractivity contribution in [3.05, 3.63) is 29.3 Å². The van der Waals surface area contributed by atoms with Crippen molar-refractivity contribution < 1.29 is 9.57 Å². The number of para-hydroxylation sites is 1. The molecule has 7 heteroatoms. The number of aryl methyl sites for hydroxylation is 2. The summed E-state index contributed by atoms with van der Waals surface area (Å²) in [5.74, 6) is 1.30. The fraction of sp³-hybridized carbons (Fsp3) is 0.500. The molecule has 1 aromatic rings. The zero-order chi connectivity index (χ0) is 17.0. The SMILES string of the molecule is Cc1cccc(C)c1OCCCON1C(N)=NC(N)=NC1(C)C. The van der Waals surface area contributed by atoms with E-state index in [9.17, 15) is 0 Å². The molecule has 0 saturated carbocycles. The Balaban J connectivity index is 1.81. The van der Waals surface area contributed by atoms with Crippen molar-refractivity contribution in [2.24, 2.45) is 21.5 Å². The lowest BCUT2D eigenvalue weighted by Gasteiger charge is -2.36. The fourth-order valence-corrected chi connectivity index (χ4v) is 2.43. The molecule has 7 nitrogen and oxygen atoms in total. The lowest BCUT2D eigenvalue weighted by molar-refractivity contribution is -0.158. The number of benzene rings is 1. The highest BCUT2D eigenvalue weighted by Gasteiger charge is 2.32. The van der Waals surface area contributed by atoms with Crippen LogP contribution in [0.4, 0.5) is 0 Å². The molecule has 23 heavy (non-hydrogen) atoms. The Morgan fingerprint density at radius 3 is 2.39 bits per heavy atom. The largest absolute Gasteiger partial charge is 0.493 e. The highest BCUT2D eigenvalue weighted by molar-refractivity contribution is 5.95. The third kappa shape index (κ3) is 4.13. The van der Waals surface area contributed by atoms with E-state index in [0.29, 0.717) is 19.6 Å². The second-order valence-electron chi connectivity index (χ2n) is 5.98. The van der Waals surface area contributed by atoms with Gasteiger partial charge in [0.25, 0.3) is 0 Å². The summed E-state index contributed by atoms with van der Waals surface area (Å²) in [6.45, 7) is 8.79. The summed E-state index contributed by atoms with van der Waals surface area (Å²) < 4.78 is 5.85. The molecule has 4 N–H and O–H groups in total. The van der Waals surface area contributed by atoms with Crippen molar-refractivity contribution in [3.8, 4) is 5.75 Å². The predicted molar refractivity (Wildman–Crippen MR) is 91.1 cm³/mol. The van der Waals surface area contributed by atoms with Gasteiger partial charge in [0, 0.05) is 6.42 Å². The van der Waals surface area contributed by atoms with Crippen LogP contribution in [0.2, 0.25) is 0 Å². The van der Waals surface area contributed by atoms with Gasteiger partial charge in [-0.25, -0.2) is 4.99 Å². The van der Waals surface area contributed by atoms with Crippen LogP contribution in [0.5, 0.6) is 5.75 Å². The highest BCUT2D eigenvalue weighted by Crippen LogP contribution is 2.23. The number of hydrogen-bond donors (Lipinski definition) is 2. The van der Waals surface area contributed by atoms with Crippen LogP contribution in [0, 0.1) is 13.8 Å². The Hall–Kier alpha value is -2.28. The number of nitrogens with two attached hydrogens (primary N) is 2. The third-order valence-corrected chi connectivity index (χ3v) is 3.49. The summed E-state index contributed by atoms with van der Waals surface area (Å²) in [6, 6.07) is 6.09. The van der Waals surface area contributed by atoms with Crippen LogP contribution in [0.25, 0.3) is 0 Å². The van der Waals surface area contributed by atoms with Gasteiger partial charge in [-0.05, 0) is 38.8 Å². The van der Waals surface area contributed by atoms with E-state index >= 15 is 0 Å². The summed E-state index contributed by atoms with van der Waals surface area (Å²) in [4.78, 5) is 13.8. The first-order chi connectivity index (χ1) is 10.8. The molecule has 0 spiro atoms. The number of aliphatic imine (C=N–C) groups is 2. The van der Waals surface area contributed by atoms with Gasteiger partial charge in [-0.1, -0.05) is 18.2 Å². The van der Waals surface area contributed by atoms with E-state index < -0.39 is 5.66 Å². The summed E-state index contributed by atoms with van der Waals surface area (Å²) in [5.41, 5.74) is 13.0. The molecule has 1 aliphatic heterocycles. The molecule has 2 rings (SSSR count). The Bertz CT molecular complexity index is 605. The normalized spacial score (nSPS) is 16.8. The van der Waals surface area contributed by atoms with Crippen LogP contribution in [0.3, 0.4) is 0 Å². The first kappa shape index (κ1) is 17.1. The van der Waals surface area contributed by atoms with Crippen molar-refractivity contribution in [2.45, 2.75) is 39.8 Å². The maximum absolute atomic E-state index is 5.85. The van der Waals surface area contributed by atoms with E-state index in [0.717, 1.165) is 16.9 Å². The van der Waals surface area contributed by atoms with Gasteiger partial charge in [0.2, 0.25) is 11.9 Å². The highest BCUT2D eigenvalue weighted by atomic mass is 16.7. The molecule has 0 saturated heterocycles. The van der Waals surface area contributed by atoms with Crippen LogP contribution in [0.1, 0.15) is 31.4 Å². The fourth-order valence-electron chi connectivity index (χ4n) is 2.43. The molecule has 0 aromatic heterocycles. The Morgan fingerprint density at radius 2 is 1.78 bits per heavy atom. The number of hydrogen-bond acceptors (Lipinski definition) is 7. The van der Waals surface area contributed by atoms with Crippen molar-refractivity contribution >= 4 is 11.9 Å². The minimum Gasteiger partial charge on any atom is -0.493 e. The van der Waals surface area contributed by atoms with Crippen LogP contribution in [0.15, 0.2) is 28.2 Å². The Labute approximate surface area is 136 Å². The topological polar surface area (TPSA) is 98.5 Å². The maximum atomic E-state index is 5.85. The Kier molecular flexibility index (Phi) is 5.10. The number of rotatable bonds is 6. The van der Waals surface area contributed by atoms with E-state index in [1.807, 2.05) is 45.9 Å². The average molecular weight is 319 g/mol. The molecule has 0 atom stereocenters. The minimum atomic E-state index is -0.677. The van der Waals surface area contributed by atoms with Crippen LogP contribution >= 0.6 is 0 Å². The first-order valence-corrected chi connectivity index (χ1v) is 7.63. The summed E-state index contributed by atoms with van der Waals surface area (Å²) in [7, 11) is 0. The summed E-state index contributed by atoms with van der Waals surface area (Å²) in [6.07, 6.45) is 0.715. The molecule has 0 amide bonds. The maximum Gasteiger partial charge on any atom is 0.226 e. The first-order valence-electron chi connectivity index (χ1n) is 7.63. The lowest BCUT2D eigenvalue weighted by atomic mass is 10.1. The number of guanidine groups is 2. The second kappa shape index (κ2) is 6.87. The molecular formula is C16H25N5O2. The van der Waals surface area contributed by atoms with E-state index in [1.54, 1.807) is 0 Å². The summed E-state index contributed by atoms with van der Waals surface area (Å²) >= 11 is 0. The van der Waals surface area contributed by atoms with Crippen LogP contribution in [-0.4, -0.2) is 35.9 Å². The number of nitrogens with zero attached hydrogens (tertiary/aromatic N) is 3. The molecule has 0 radical (unpaired) electrons. The monoisotopic (exact) mass is 319 g/mol. The molecule has 0 aliphatic carbocycles. The van der Waals surface area contributed by atoms with Crippen molar-refractivity contribution in [1.82, 2.24) is 5.06 Å². The van der Waals surface area contributed by atoms with Crippen molar-refractivity contribution in [1.29, 1.82) is 0 Å². The second-order valence-corrected chi connectivity index (χ2v) is 5.98. The van der Waals surface area contributed by atoms with Crippen LogP contribution < -0.4 is 16.2 Å². The van der Waals surface area contributed by atoms with Crippen LogP contribution in [-0.2, 0) is 4.84 Å². The molecule has 126 valence electrons. The minimum absolute atomic E-state index is 0.158. The zero-order valence-electron chi connectivity index (χ0n) is 14.2. The van der Waals surface area contributed by atoms with Crippen molar-refractivity contribution in [3.63, 3.8) is 0 Å². The smallest absolute Gasteiger partial charge is 0.226 e. The number of hydroxylamine groups is 2. The molecule has 0 fully saturated rings. The third-order valence-electron chi connectivity index (χ3n) is 3.49. The van der Waals surface area contributed by atoms with Gasteiger partial charge >= 0.3 is 0 Å². The summed E-state index contributed by atoms with van der Waals surface area (Å²) in [5, 5.41) is 1.47. The van der Waals surface area contributed by atoms with Gasteiger partial charge < -0.3 is 16.2 Å². The zero-order valence-corrected chi connectivity index (χ0v) is 14.2. The molecule has 1 heterocycles. The quantitative estimate of drug-likeness (QED) is 0.777. The molecule has 0 bridgehead atoms. The van der Waals surface area contributed by atoms with Gasteiger partial charge in [0.15, 0.2) is 5.66 Å². The Morgan fingerprint density at radius 1 is 1.13 bits per heavy atom. The predicted octanol–water partition coefficient (Wildman–Crippen LogP) is 1.69. The van der Waals surface area contributed by atoms with E-state index in [-0.39, 0.29) is 11.9 Å². The van der Waals surface area contributed by atoms with Gasteiger partial charge in [0.1, 0.15) is 5.75 Å². The van der Waals surface area contributed by atoms with Gasteiger partial charge in [-0.3, -0.25) is 4.84 Å². The van der Waals surface area contributed by atoms with E-state index in [1.165, 1.54) is 5.06 Å². The van der Waals surface area contributed by atoms with E-state index in [4.69, 9.17) is 21.0 Å². The van der Waals surface area contributed by atoms with Gasteiger partial charge in [0.05, 0.1) is 13.2 Å². The van der Waals surface area contributed by atoms with E-state index in [2.05, 4.69) is 9.98 Å². The number of ether oxygens (including phenoxy) is 1.